The number of anilines is 6. The lowest BCUT2D eigenvalue weighted by atomic mass is 10.1. The van der Waals surface area contributed by atoms with E-state index in [1.165, 1.54) is 23.8 Å². The van der Waals surface area contributed by atoms with Gasteiger partial charge in [0.05, 0.1) is 5.52 Å². The van der Waals surface area contributed by atoms with Crippen molar-refractivity contribution in [2.45, 2.75) is 6.92 Å². The Morgan fingerprint density at radius 2 is 1.55 bits per heavy atom. The van der Waals surface area contributed by atoms with E-state index in [1.54, 1.807) is 42.7 Å². The zero-order chi connectivity index (χ0) is 28.3. The Hall–Kier alpha value is -5.57. The number of nitrogens with zero attached hydrogens (tertiary/aromatic N) is 2. The lowest BCUT2D eigenvalue weighted by molar-refractivity contribution is -0.112. The molecule has 2 aromatic heterocycles. The summed E-state index contributed by atoms with van der Waals surface area (Å²) in [6, 6.07) is 25.2. The van der Waals surface area contributed by atoms with Gasteiger partial charge in [-0.2, -0.15) is 0 Å². The molecule has 0 spiro atoms. The van der Waals surface area contributed by atoms with Crippen LogP contribution in [0.3, 0.4) is 0 Å². The fraction of sp³-hybridized carbons (Fsp3) is 0.0323. The van der Waals surface area contributed by atoms with Gasteiger partial charge in [0.2, 0.25) is 12.3 Å². The van der Waals surface area contributed by atoms with Crippen molar-refractivity contribution < 1.29 is 14.0 Å². The van der Waals surface area contributed by atoms with Gasteiger partial charge in [0.1, 0.15) is 11.6 Å². The van der Waals surface area contributed by atoms with Crippen LogP contribution in [0.15, 0.2) is 110 Å². The van der Waals surface area contributed by atoms with E-state index in [2.05, 4.69) is 37.8 Å². The molecule has 0 aliphatic rings. The summed E-state index contributed by atoms with van der Waals surface area (Å²) in [4.78, 5) is 29.9. The SMILES string of the molecule is C=CC(=O)Nc1cc(Nc2cccc(NC=O)c2)ccn1.Cc1cccc(Nc2ccnc3ccc(F)cc23)c1. The van der Waals surface area contributed by atoms with Crippen molar-refractivity contribution in [3.05, 3.63) is 121 Å². The van der Waals surface area contributed by atoms with E-state index in [0.29, 0.717) is 17.9 Å². The number of aromatic nitrogens is 2. The lowest BCUT2D eigenvalue weighted by Crippen LogP contribution is -2.08. The number of benzene rings is 3. The molecule has 5 rings (SSSR count). The molecule has 0 saturated heterocycles. The molecule has 40 heavy (non-hydrogen) atoms. The van der Waals surface area contributed by atoms with Crippen LogP contribution < -0.4 is 21.3 Å². The molecular weight excluding hydrogens is 507 g/mol. The number of nitrogens with one attached hydrogen (secondary N) is 4. The first-order valence-electron chi connectivity index (χ1n) is 12.3. The van der Waals surface area contributed by atoms with Crippen LogP contribution in [0.5, 0.6) is 0 Å². The molecule has 0 saturated carbocycles. The Kier molecular flexibility index (Phi) is 9.13. The smallest absolute Gasteiger partial charge is 0.248 e. The standard InChI is InChI=1S/C16H13FN2.C15H14N4O2/c1-11-3-2-4-13(9-11)19-16-7-8-18-15-6-5-12(17)10-14(15)16;1-2-15(21)19-14-9-13(6-7-16-14)18-12-5-3-4-11(8-12)17-10-20/h2-10H,1H3,(H,18,19);2-10H,1H2,(H,17,20)(H2,16,18,19,21). The minimum Gasteiger partial charge on any atom is -0.355 e. The van der Waals surface area contributed by atoms with Crippen LogP contribution in [0.1, 0.15) is 5.56 Å². The van der Waals surface area contributed by atoms with E-state index < -0.39 is 0 Å². The highest BCUT2D eigenvalue weighted by molar-refractivity contribution is 5.98. The summed E-state index contributed by atoms with van der Waals surface area (Å²) >= 11 is 0. The number of hydrogen-bond acceptors (Lipinski definition) is 6. The van der Waals surface area contributed by atoms with E-state index in [4.69, 9.17) is 0 Å². The molecule has 0 radical (unpaired) electrons. The Labute approximate surface area is 231 Å². The maximum Gasteiger partial charge on any atom is 0.248 e. The average Bonchev–Trinajstić information content (AvgIpc) is 2.94. The molecule has 5 aromatic rings. The molecule has 0 atom stereocenters. The summed E-state index contributed by atoms with van der Waals surface area (Å²) in [6.07, 6.45) is 5.09. The first-order valence-corrected chi connectivity index (χ1v) is 12.3. The van der Waals surface area contributed by atoms with Crippen LogP contribution in [0.2, 0.25) is 0 Å². The third-order valence-corrected chi connectivity index (χ3v) is 5.57. The van der Waals surface area contributed by atoms with Crippen molar-refractivity contribution >= 4 is 57.5 Å². The predicted molar refractivity (Wildman–Crippen MR) is 159 cm³/mol. The van der Waals surface area contributed by atoms with Crippen molar-refractivity contribution in [1.29, 1.82) is 0 Å². The van der Waals surface area contributed by atoms with Crippen LogP contribution in [-0.4, -0.2) is 22.3 Å². The number of halogens is 1. The van der Waals surface area contributed by atoms with Gasteiger partial charge in [-0.1, -0.05) is 24.8 Å². The Bertz CT molecular complexity index is 1660. The second-order valence-electron chi connectivity index (χ2n) is 8.61. The number of carbonyl (C=O) groups excluding carboxylic acids is 2. The topological polar surface area (TPSA) is 108 Å². The summed E-state index contributed by atoms with van der Waals surface area (Å²) in [6.45, 7) is 5.42. The second kappa shape index (κ2) is 13.3. The molecule has 2 heterocycles. The third kappa shape index (κ3) is 7.72. The first kappa shape index (κ1) is 27.5. The monoisotopic (exact) mass is 534 g/mol. The molecule has 0 aliphatic heterocycles. The minimum atomic E-state index is -0.322. The zero-order valence-electron chi connectivity index (χ0n) is 21.7. The van der Waals surface area contributed by atoms with Crippen molar-refractivity contribution in [1.82, 2.24) is 9.97 Å². The Morgan fingerprint density at radius 3 is 2.33 bits per heavy atom. The molecule has 200 valence electrons. The van der Waals surface area contributed by atoms with Crippen LogP contribution in [0.25, 0.3) is 10.9 Å². The van der Waals surface area contributed by atoms with Crippen LogP contribution in [-0.2, 0) is 9.59 Å². The molecule has 4 N–H and O–H groups in total. The van der Waals surface area contributed by atoms with Gasteiger partial charge in [-0.05, 0) is 79.2 Å². The summed E-state index contributed by atoms with van der Waals surface area (Å²) in [5, 5.41) is 12.4. The van der Waals surface area contributed by atoms with E-state index in [0.717, 1.165) is 33.7 Å². The molecular formula is C31H27FN6O2. The van der Waals surface area contributed by atoms with Gasteiger partial charge in [-0.25, -0.2) is 9.37 Å². The predicted octanol–water partition coefficient (Wildman–Crippen LogP) is 6.94. The molecule has 8 nitrogen and oxygen atoms in total. The van der Waals surface area contributed by atoms with Gasteiger partial charge in [0.25, 0.3) is 0 Å². The molecule has 0 fully saturated rings. The molecule has 3 aromatic carbocycles. The van der Waals surface area contributed by atoms with Gasteiger partial charge in [-0.3, -0.25) is 14.6 Å². The van der Waals surface area contributed by atoms with Crippen molar-refractivity contribution in [2.75, 3.05) is 21.3 Å². The van der Waals surface area contributed by atoms with E-state index >= 15 is 0 Å². The summed E-state index contributed by atoms with van der Waals surface area (Å²) in [5.74, 6) is -0.156. The quantitative estimate of drug-likeness (QED) is 0.127. The number of hydrogen-bond donors (Lipinski definition) is 4. The number of amides is 2. The van der Waals surface area contributed by atoms with Gasteiger partial charge in [-0.15, -0.1) is 0 Å². The van der Waals surface area contributed by atoms with E-state index in [1.807, 2.05) is 49.4 Å². The molecule has 0 unspecified atom stereocenters. The Morgan fingerprint density at radius 1 is 0.825 bits per heavy atom. The molecule has 2 amide bonds. The fourth-order valence-corrected chi connectivity index (χ4v) is 3.78. The number of rotatable bonds is 8. The highest BCUT2D eigenvalue weighted by Crippen LogP contribution is 2.26. The molecule has 0 aliphatic carbocycles. The minimum absolute atomic E-state index is 0.257. The third-order valence-electron chi connectivity index (χ3n) is 5.57. The summed E-state index contributed by atoms with van der Waals surface area (Å²) < 4.78 is 13.4. The number of fused-ring (bicyclic) bond motifs is 1. The zero-order valence-corrected chi connectivity index (χ0v) is 21.7. The van der Waals surface area contributed by atoms with Crippen molar-refractivity contribution in [3.8, 4) is 0 Å². The normalized spacial score (nSPS) is 10.1. The fourth-order valence-electron chi connectivity index (χ4n) is 3.78. The van der Waals surface area contributed by atoms with Gasteiger partial charge >= 0.3 is 0 Å². The first-order chi connectivity index (χ1) is 19.4. The lowest BCUT2D eigenvalue weighted by Gasteiger charge is -2.10. The average molecular weight is 535 g/mol. The van der Waals surface area contributed by atoms with Crippen LogP contribution >= 0.6 is 0 Å². The maximum atomic E-state index is 13.4. The van der Waals surface area contributed by atoms with Gasteiger partial charge in [0, 0.05) is 52.3 Å². The highest BCUT2D eigenvalue weighted by atomic mass is 19.1. The van der Waals surface area contributed by atoms with E-state index in [-0.39, 0.29) is 11.7 Å². The number of pyridine rings is 2. The Balaban J connectivity index is 0.000000186. The maximum absolute atomic E-state index is 13.4. The number of aryl methyl sites for hydroxylation is 1. The summed E-state index contributed by atoms with van der Waals surface area (Å²) in [7, 11) is 0. The number of carbonyl (C=O) groups is 2. The van der Waals surface area contributed by atoms with Crippen LogP contribution in [0.4, 0.5) is 38.6 Å². The van der Waals surface area contributed by atoms with Crippen molar-refractivity contribution in [3.63, 3.8) is 0 Å². The van der Waals surface area contributed by atoms with E-state index in [9.17, 15) is 14.0 Å². The molecule has 9 heteroatoms. The van der Waals surface area contributed by atoms with Crippen LogP contribution in [0, 0.1) is 12.7 Å². The summed E-state index contributed by atoms with van der Waals surface area (Å²) in [5.41, 5.74) is 6.03. The molecule has 0 bridgehead atoms. The second-order valence-corrected chi connectivity index (χ2v) is 8.61. The van der Waals surface area contributed by atoms with Crippen molar-refractivity contribution in [2.24, 2.45) is 0 Å². The largest absolute Gasteiger partial charge is 0.355 e. The highest BCUT2D eigenvalue weighted by Gasteiger charge is 2.04. The van der Waals surface area contributed by atoms with Gasteiger partial charge in [0.15, 0.2) is 0 Å². The van der Waals surface area contributed by atoms with Gasteiger partial charge < -0.3 is 21.3 Å².